The average molecular weight is 706 g/mol. The molecular weight excluding hydrogens is 658 g/mol. The first-order chi connectivity index (χ1) is 25.3. The molecular formula is C42H47N3O7. The maximum atomic E-state index is 13.4. The third-order valence-electron chi connectivity index (χ3n) is 9.79. The number of aromatic nitrogens is 1. The minimum Gasteiger partial charge on any atom is -0.506 e. The summed E-state index contributed by atoms with van der Waals surface area (Å²) in [6.45, 7) is 4.57. The molecule has 4 aromatic carbocycles. The van der Waals surface area contributed by atoms with E-state index in [0.717, 1.165) is 57.6 Å². The maximum absolute atomic E-state index is 13.4. The lowest BCUT2D eigenvalue weighted by Crippen LogP contribution is -2.40. The number of phenolic OH excluding ortho intramolecular Hbond substituents is 1. The van der Waals surface area contributed by atoms with E-state index in [-0.39, 0.29) is 23.8 Å². The number of esters is 1. The number of ether oxygens (including phenoxy) is 2. The normalized spacial score (nSPS) is 14.7. The van der Waals surface area contributed by atoms with Crippen LogP contribution >= 0.6 is 0 Å². The summed E-state index contributed by atoms with van der Waals surface area (Å²) in [5, 5.41) is 36.3. The summed E-state index contributed by atoms with van der Waals surface area (Å²) in [6, 6.07) is 32.3. The molecule has 0 bridgehead atoms. The number of nitrogens with zero attached hydrogens (tertiary/aromatic N) is 1. The van der Waals surface area contributed by atoms with Gasteiger partial charge in [-0.15, -0.1) is 0 Å². The van der Waals surface area contributed by atoms with Crippen molar-refractivity contribution in [2.45, 2.75) is 43.9 Å². The minimum absolute atomic E-state index is 0.0276. The zero-order valence-electron chi connectivity index (χ0n) is 29.2. The highest BCUT2D eigenvalue weighted by Crippen LogP contribution is 2.32. The summed E-state index contributed by atoms with van der Waals surface area (Å²) in [4.78, 5) is 30.0. The monoisotopic (exact) mass is 705 g/mol. The summed E-state index contributed by atoms with van der Waals surface area (Å²) in [6.07, 6.45) is 2.77. The van der Waals surface area contributed by atoms with E-state index < -0.39 is 17.7 Å². The van der Waals surface area contributed by atoms with Gasteiger partial charge >= 0.3 is 5.97 Å². The van der Waals surface area contributed by atoms with Gasteiger partial charge in [0.2, 0.25) is 11.2 Å². The number of nitrogens with one attached hydrogen (secondary N) is 2. The second-order valence-corrected chi connectivity index (χ2v) is 13.5. The fraction of sp³-hybridized carbons (Fsp3) is 0.333. The number of unbranched alkanes of at least 4 members (excludes halogenated alkanes) is 1. The number of carbonyl (C=O) groups excluding carboxylic acids is 1. The molecule has 6 rings (SSSR count). The fourth-order valence-electron chi connectivity index (χ4n) is 6.76. The van der Waals surface area contributed by atoms with Crippen molar-refractivity contribution in [3.05, 3.63) is 142 Å². The molecule has 0 radical (unpaired) electrons. The Bertz CT molecular complexity index is 1900. The lowest BCUT2D eigenvalue weighted by molar-refractivity contribution is -0.164. The first kappa shape index (κ1) is 36.8. The van der Waals surface area contributed by atoms with E-state index in [1.807, 2.05) is 24.3 Å². The van der Waals surface area contributed by atoms with Crippen LogP contribution in [0, 0.1) is 5.92 Å². The largest absolute Gasteiger partial charge is 0.506 e. The summed E-state index contributed by atoms with van der Waals surface area (Å²) in [5.74, 6) is 0.388. The van der Waals surface area contributed by atoms with Gasteiger partial charge in [-0.1, -0.05) is 78.9 Å². The molecule has 0 aliphatic carbocycles. The molecule has 0 amide bonds. The highest BCUT2D eigenvalue weighted by Gasteiger charge is 2.42. The van der Waals surface area contributed by atoms with E-state index in [0.29, 0.717) is 40.7 Å². The lowest BCUT2D eigenvalue weighted by atomic mass is 9.86. The molecule has 0 spiro atoms. The van der Waals surface area contributed by atoms with Crippen LogP contribution in [0.2, 0.25) is 0 Å². The number of fused-ring (bicyclic) bond motifs is 1. The van der Waals surface area contributed by atoms with E-state index in [2.05, 4.69) is 27.3 Å². The second kappa shape index (κ2) is 17.5. The van der Waals surface area contributed by atoms with Crippen LogP contribution < -0.4 is 15.6 Å². The Morgan fingerprint density at radius 2 is 1.56 bits per heavy atom. The Hall–Kier alpha value is -5.00. The minimum atomic E-state index is -1.86. The molecule has 1 aromatic heterocycles. The molecule has 1 unspecified atom stereocenters. The molecule has 1 aliphatic rings. The van der Waals surface area contributed by atoms with Crippen molar-refractivity contribution in [2.24, 2.45) is 5.92 Å². The van der Waals surface area contributed by atoms with Crippen LogP contribution in [0.15, 0.2) is 114 Å². The van der Waals surface area contributed by atoms with Gasteiger partial charge in [0.15, 0.2) is 0 Å². The Morgan fingerprint density at radius 1 is 0.885 bits per heavy atom. The van der Waals surface area contributed by atoms with Crippen molar-refractivity contribution in [1.82, 2.24) is 15.2 Å². The molecule has 1 fully saturated rings. The Morgan fingerprint density at radius 3 is 2.23 bits per heavy atom. The molecule has 1 aliphatic heterocycles. The van der Waals surface area contributed by atoms with Crippen LogP contribution in [-0.2, 0) is 21.7 Å². The zero-order valence-corrected chi connectivity index (χ0v) is 29.2. The van der Waals surface area contributed by atoms with Crippen molar-refractivity contribution >= 4 is 16.9 Å². The molecule has 52 heavy (non-hydrogen) atoms. The number of hydrogen-bond acceptors (Lipinski definition) is 9. The van der Waals surface area contributed by atoms with Gasteiger partial charge in [-0.25, -0.2) is 4.79 Å². The lowest BCUT2D eigenvalue weighted by Gasteiger charge is -2.33. The van der Waals surface area contributed by atoms with Crippen molar-refractivity contribution in [1.29, 1.82) is 0 Å². The number of H-pyrrole nitrogens is 1. The fourth-order valence-corrected chi connectivity index (χ4v) is 6.76. The Balaban J connectivity index is 0.868. The Labute approximate surface area is 303 Å². The van der Waals surface area contributed by atoms with Crippen molar-refractivity contribution in [3.8, 4) is 11.5 Å². The van der Waals surface area contributed by atoms with Gasteiger partial charge in [0.25, 0.3) is 0 Å². The molecule has 10 heteroatoms. The molecule has 5 N–H and O–H groups in total. The van der Waals surface area contributed by atoms with Crippen LogP contribution in [0.25, 0.3) is 10.9 Å². The second-order valence-electron chi connectivity index (χ2n) is 13.5. The van der Waals surface area contributed by atoms with Gasteiger partial charge < -0.3 is 35.1 Å². The quantitative estimate of drug-likeness (QED) is 0.0673. The van der Waals surface area contributed by atoms with Crippen molar-refractivity contribution < 1.29 is 29.6 Å². The smallest absolute Gasteiger partial charge is 0.347 e. The first-order valence-corrected chi connectivity index (χ1v) is 18.0. The van der Waals surface area contributed by atoms with Crippen LogP contribution in [0.5, 0.6) is 11.5 Å². The third kappa shape index (κ3) is 9.07. The van der Waals surface area contributed by atoms with Gasteiger partial charge in [0.1, 0.15) is 11.5 Å². The zero-order chi connectivity index (χ0) is 36.3. The average Bonchev–Trinajstić information content (AvgIpc) is 3.18. The molecule has 0 saturated carbocycles. The number of aliphatic hydroxyl groups is 2. The van der Waals surface area contributed by atoms with Crippen LogP contribution in [0.1, 0.15) is 54.0 Å². The summed E-state index contributed by atoms with van der Waals surface area (Å²) in [5.41, 5.74) is 0.984. The predicted octanol–water partition coefficient (Wildman–Crippen LogP) is 5.41. The van der Waals surface area contributed by atoms with Crippen molar-refractivity contribution in [3.63, 3.8) is 0 Å². The third-order valence-corrected chi connectivity index (χ3v) is 9.79. The van der Waals surface area contributed by atoms with Crippen LogP contribution in [0.4, 0.5) is 0 Å². The molecule has 1 atom stereocenters. The van der Waals surface area contributed by atoms with Gasteiger partial charge in [0, 0.05) is 24.5 Å². The van der Waals surface area contributed by atoms with E-state index in [1.54, 1.807) is 60.7 Å². The van der Waals surface area contributed by atoms with E-state index >= 15 is 0 Å². The number of pyridine rings is 1. The van der Waals surface area contributed by atoms with E-state index in [1.165, 1.54) is 17.7 Å². The number of aromatic hydroxyl groups is 1. The summed E-state index contributed by atoms with van der Waals surface area (Å²) in [7, 11) is 0. The highest BCUT2D eigenvalue weighted by molar-refractivity contribution is 5.87. The number of phenols is 1. The van der Waals surface area contributed by atoms with Gasteiger partial charge in [0.05, 0.1) is 24.8 Å². The summed E-state index contributed by atoms with van der Waals surface area (Å²) >= 11 is 0. The SMILES string of the molecule is O=C(OCC1CCN(Cc2ccc(OCCCCNCC(O)c3ccc(O)c4[nH]c(=O)ccc34)cc2)CC1)C(O)(c1ccccc1)c1ccccc1. The Kier molecular flexibility index (Phi) is 12.4. The van der Waals surface area contributed by atoms with Gasteiger partial charge in [-0.3, -0.25) is 9.69 Å². The predicted molar refractivity (Wildman–Crippen MR) is 200 cm³/mol. The van der Waals surface area contributed by atoms with Crippen LogP contribution in [0.3, 0.4) is 0 Å². The van der Waals surface area contributed by atoms with E-state index in [9.17, 15) is 24.9 Å². The molecule has 1 saturated heterocycles. The standard InChI is InChI=1S/C42H47N3O7/c46-37-19-17-35(36-18-20-39(48)44-40(36)37)38(47)27-43-23-7-8-26-51-34-15-13-30(14-16-34)28-45-24-21-31(22-25-45)29-52-41(49)42(50,32-9-3-1-4-10-32)33-11-5-2-6-12-33/h1-6,9-20,31,38,43,46-47,50H,7-8,21-29H2,(H,44,48). The number of hydrogen-bond donors (Lipinski definition) is 5. The van der Waals surface area contributed by atoms with Crippen molar-refractivity contribution in [2.75, 3.05) is 39.4 Å². The molecule has 2 heterocycles. The topological polar surface area (TPSA) is 144 Å². The number of piperidine rings is 1. The number of likely N-dealkylation sites (tertiary alicyclic amines) is 1. The number of benzene rings is 4. The molecule has 272 valence electrons. The summed E-state index contributed by atoms with van der Waals surface area (Å²) < 4.78 is 11.7. The molecule has 10 nitrogen and oxygen atoms in total. The maximum Gasteiger partial charge on any atom is 0.347 e. The number of aliphatic hydroxyl groups excluding tert-OH is 1. The molecule has 5 aromatic rings. The van der Waals surface area contributed by atoms with E-state index in [4.69, 9.17) is 9.47 Å². The number of rotatable bonds is 16. The van der Waals surface area contributed by atoms with Gasteiger partial charge in [-0.05, 0) is 97.8 Å². The van der Waals surface area contributed by atoms with Crippen LogP contribution in [-0.4, -0.2) is 70.6 Å². The number of carbonyl (C=O) groups is 1. The number of aromatic amines is 1. The highest BCUT2D eigenvalue weighted by atomic mass is 16.5. The first-order valence-electron chi connectivity index (χ1n) is 18.0. The van der Waals surface area contributed by atoms with Gasteiger partial charge in [-0.2, -0.15) is 0 Å².